The minimum absolute atomic E-state index is 0.758. The number of hydrogen-bond donors (Lipinski definition) is 1. The first-order chi connectivity index (χ1) is 8.77. The molecule has 0 unspecified atom stereocenters. The summed E-state index contributed by atoms with van der Waals surface area (Å²) in [6, 6.07) is 8.02. The topological polar surface area (TPSA) is 51.4 Å². The van der Waals surface area contributed by atoms with Crippen LogP contribution in [-0.4, -0.2) is 31.3 Å². The fourth-order valence-electron chi connectivity index (χ4n) is 2.40. The van der Waals surface area contributed by atoms with Crippen LogP contribution in [0.1, 0.15) is 5.56 Å². The number of nitrogen functional groups attached to an aromatic ring is 1. The molecule has 0 atom stereocenters. The summed E-state index contributed by atoms with van der Waals surface area (Å²) in [5.74, 6) is 0.995. The molecule has 0 bridgehead atoms. The van der Waals surface area contributed by atoms with Crippen LogP contribution in [0.3, 0.4) is 0 Å². The van der Waals surface area contributed by atoms with E-state index in [4.69, 9.17) is 15.5 Å². The fourth-order valence-corrected chi connectivity index (χ4v) is 2.40. The molecule has 0 amide bonds. The van der Waals surface area contributed by atoms with E-state index in [9.17, 15) is 0 Å². The van der Waals surface area contributed by atoms with Crippen molar-refractivity contribution < 1.29 is 4.74 Å². The van der Waals surface area contributed by atoms with Gasteiger partial charge in [-0.2, -0.15) is 0 Å². The highest BCUT2D eigenvalue weighted by Crippen LogP contribution is 2.30. The quantitative estimate of drug-likeness (QED) is 0.832. The van der Waals surface area contributed by atoms with E-state index in [1.807, 2.05) is 31.2 Å². The Morgan fingerprint density at radius 1 is 1.22 bits per heavy atom. The monoisotopic (exact) mass is 243 g/mol. The maximum absolute atomic E-state index is 6.23. The van der Waals surface area contributed by atoms with Gasteiger partial charge in [-0.25, -0.2) is 4.98 Å². The van der Waals surface area contributed by atoms with Gasteiger partial charge in [0.1, 0.15) is 5.82 Å². The van der Waals surface area contributed by atoms with E-state index in [0.29, 0.717) is 0 Å². The molecule has 3 rings (SSSR count). The first-order valence-electron chi connectivity index (χ1n) is 6.25. The van der Waals surface area contributed by atoms with Crippen molar-refractivity contribution >= 4 is 22.4 Å². The number of para-hydroxylation sites is 1. The lowest BCUT2D eigenvalue weighted by Crippen LogP contribution is -2.37. The number of nitrogens with two attached hydrogens (primary N) is 1. The number of hydrogen-bond acceptors (Lipinski definition) is 4. The predicted molar refractivity (Wildman–Crippen MR) is 73.9 cm³/mol. The highest BCUT2D eigenvalue weighted by molar-refractivity contribution is 5.94. The lowest BCUT2D eigenvalue weighted by atomic mass is 10.1. The predicted octanol–water partition coefficient (Wildman–Crippen LogP) is 1.96. The number of fused-ring (bicyclic) bond motifs is 1. The summed E-state index contributed by atoms with van der Waals surface area (Å²) in [5, 5.41) is 1.03. The second-order valence-electron chi connectivity index (χ2n) is 4.59. The molecule has 18 heavy (non-hydrogen) atoms. The fraction of sp³-hybridized carbons (Fsp3) is 0.357. The van der Waals surface area contributed by atoms with Crippen molar-refractivity contribution in [1.29, 1.82) is 0 Å². The van der Waals surface area contributed by atoms with Gasteiger partial charge in [0.05, 0.1) is 18.7 Å². The van der Waals surface area contributed by atoms with Crippen molar-refractivity contribution in [2.24, 2.45) is 0 Å². The molecule has 0 spiro atoms. The van der Waals surface area contributed by atoms with Crippen LogP contribution in [-0.2, 0) is 4.74 Å². The van der Waals surface area contributed by atoms with Crippen LogP contribution in [0.25, 0.3) is 10.9 Å². The number of rotatable bonds is 1. The van der Waals surface area contributed by atoms with Gasteiger partial charge >= 0.3 is 0 Å². The Morgan fingerprint density at radius 3 is 2.72 bits per heavy atom. The van der Waals surface area contributed by atoms with E-state index in [2.05, 4.69) is 4.90 Å². The molecule has 1 saturated heterocycles. The zero-order chi connectivity index (χ0) is 12.5. The van der Waals surface area contributed by atoms with Gasteiger partial charge in [0.2, 0.25) is 0 Å². The molecule has 4 heteroatoms. The lowest BCUT2D eigenvalue weighted by molar-refractivity contribution is 0.122. The number of pyridine rings is 1. The highest BCUT2D eigenvalue weighted by atomic mass is 16.5. The summed E-state index contributed by atoms with van der Waals surface area (Å²) in [5.41, 5.74) is 9.09. The molecule has 2 N–H and O–H groups in total. The summed E-state index contributed by atoms with van der Waals surface area (Å²) < 4.78 is 5.38. The maximum Gasteiger partial charge on any atom is 0.134 e. The van der Waals surface area contributed by atoms with Crippen LogP contribution in [0.15, 0.2) is 24.3 Å². The molecule has 94 valence electrons. The molecule has 0 saturated carbocycles. The van der Waals surface area contributed by atoms with Gasteiger partial charge in [-0.3, -0.25) is 0 Å². The lowest BCUT2D eigenvalue weighted by Gasteiger charge is -2.29. The first kappa shape index (κ1) is 11.3. The Kier molecular flexibility index (Phi) is 2.80. The molecule has 0 aliphatic carbocycles. The van der Waals surface area contributed by atoms with Crippen molar-refractivity contribution in [3.63, 3.8) is 0 Å². The SMILES string of the molecule is Cc1c(N2CCOCC2)nc2ccccc2c1N. The van der Waals surface area contributed by atoms with Crippen LogP contribution in [0.5, 0.6) is 0 Å². The Hall–Kier alpha value is -1.81. The first-order valence-corrected chi connectivity index (χ1v) is 6.25. The molecular formula is C14H17N3O. The molecule has 4 nitrogen and oxygen atoms in total. The van der Waals surface area contributed by atoms with Crippen molar-refractivity contribution in [2.75, 3.05) is 36.9 Å². The number of nitrogens with zero attached hydrogens (tertiary/aromatic N) is 2. The Morgan fingerprint density at radius 2 is 1.94 bits per heavy atom. The summed E-state index contributed by atoms with van der Waals surface area (Å²) in [6.45, 7) is 5.32. The third kappa shape index (κ3) is 1.78. The van der Waals surface area contributed by atoms with Crippen LogP contribution in [0.2, 0.25) is 0 Å². The van der Waals surface area contributed by atoms with Crippen LogP contribution in [0.4, 0.5) is 11.5 Å². The minimum atomic E-state index is 0.758. The van der Waals surface area contributed by atoms with E-state index < -0.39 is 0 Å². The zero-order valence-electron chi connectivity index (χ0n) is 10.5. The molecular weight excluding hydrogens is 226 g/mol. The number of ether oxygens (including phenoxy) is 1. The molecule has 1 aromatic heterocycles. The smallest absolute Gasteiger partial charge is 0.134 e. The van der Waals surface area contributed by atoms with Crippen molar-refractivity contribution in [3.05, 3.63) is 29.8 Å². The van der Waals surface area contributed by atoms with E-state index in [-0.39, 0.29) is 0 Å². The average Bonchev–Trinajstić information content (AvgIpc) is 2.44. The molecule has 2 aromatic rings. The van der Waals surface area contributed by atoms with Gasteiger partial charge in [0, 0.05) is 29.7 Å². The Bertz CT molecular complexity index is 577. The van der Waals surface area contributed by atoms with Gasteiger partial charge in [-0.15, -0.1) is 0 Å². The van der Waals surface area contributed by atoms with Crippen molar-refractivity contribution in [2.45, 2.75) is 6.92 Å². The number of benzene rings is 1. The summed E-state index contributed by atoms with van der Waals surface area (Å²) in [4.78, 5) is 7.00. The average molecular weight is 243 g/mol. The molecule has 1 aliphatic rings. The van der Waals surface area contributed by atoms with Gasteiger partial charge in [-0.05, 0) is 13.0 Å². The van der Waals surface area contributed by atoms with Crippen molar-refractivity contribution in [3.8, 4) is 0 Å². The van der Waals surface area contributed by atoms with E-state index in [1.54, 1.807) is 0 Å². The number of anilines is 2. The molecule has 1 fully saturated rings. The Labute approximate surface area is 106 Å². The normalized spacial score (nSPS) is 16.2. The summed E-state index contributed by atoms with van der Waals surface area (Å²) >= 11 is 0. The third-order valence-electron chi connectivity index (χ3n) is 3.47. The highest BCUT2D eigenvalue weighted by Gasteiger charge is 2.17. The third-order valence-corrected chi connectivity index (χ3v) is 3.47. The molecule has 0 radical (unpaired) electrons. The maximum atomic E-state index is 6.23. The van der Waals surface area contributed by atoms with Gasteiger partial charge in [-0.1, -0.05) is 18.2 Å². The second kappa shape index (κ2) is 4.46. The van der Waals surface area contributed by atoms with Crippen LogP contribution >= 0.6 is 0 Å². The van der Waals surface area contributed by atoms with Crippen LogP contribution in [0, 0.1) is 6.92 Å². The molecule has 1 aliphatic heterocycles. The van der Waals surface area contributed by atoms with Crippen molar-refractivity contribution in [1.82, 2.24) is 4.98 Å². The van der Waals surface area contributed by atoms with E-state index >= 15 is 0 Å². The van der Waals surface area contributed by atoms with E-state index in [1.165, 1.54) is 0 Å². The van der Waals surface area contributed by atoms with Gasteiger partial charge in [0.15, 0.2) is 0 Å². The van der Waals surface area contributed by atoms with Crippen LogP contribution < -0.4 is 10.6 Å². The summed E-state index contributed by atoms with van der Waals surface area (Å²) in [6.07, 6.45) is 0. The second-order valence-corrected chi connectivity index (χ2v) is 4.59. The Balaban J connectivity index is 2.14. The largest absolute Gasteiger partial charge is 0.398 e. The number of aromatic nitrogens is 1. The summed E-state index contributed by atoms with van der Waals surface area (Å²) in [7, 11) is 0. The number of morpholine rings is 1. The molecule has 1 aromatic carbocycles. The zero-order valence-corrected chi connectivity index (χ0v) is 10.5. The minimum Gasteiger partial charge on any atom is -0.398 e. The van der Waals surface area contributed by atoms with Gasteiger partial charge < -0.3 is 15.4 Å². The van der Waals surface area contributed by atoms with Gasteiger partial charge in [0.25, 0.3) is 0 Å². The molecule has 2 heterocycles. The standard InChI is InChI=1S/C14H17N3O/c1-10-13(15)11-4-2-3-5-12(11)16-14(10)17-6-8-18-9-7-17/h2-5H,6-9H2,1H3,(H2,15,16). The van der Waals surface area contributed by atoms with E-state index in [0.717, 1.165) is 54.3 Å².